The summed E-state index contributed by atoms with van der Waals surface area (Å²) in [7, 11) is 1.61. The Balaban J connectivity index is 2.14. The fourth-order valence-corrected chi connectivity index (χ4v) is 3.78. The molecule has 3 rings (SSSR count). The summed E-state index contributed by atoms with van der Waals surface area (Å²) in [6.07, 6.45) is 2.05. The molecule has 0 radical (unpaired) electrons. The molecule has 2 aromatic carbocycles. The lowest BCUT2D eigenvalue weighted by Crippen LogP contribution is -2.25. The smallest absolute Gasteiger partial charge is 0.200 e. The van der Waals surface area contributed by atoms with E-state index in [2.05, 4.69) is 18.7 Å². The summed E-state index contributed by atoms with van der Waals surface area (Å²) in [5.74, 6) is 1.43. The minimum absolute atomic E-state index is 0.0901. The number of fused-ring (bicyclic) bond motifs is 1. The first kappa shape index (κ1) is 20.9. The highest BCUT2D eigenvalue weighted by molar-refractivity contribution is 5.86. The van der Waals surface area contributed by atoms with E-state index in [9.17, 15) is 9.90 Å². The van der Waals surface area contributed by atoms with Gasteiger partial charge in [-0.15, -0.1) is 0 Å². The zero-order valence-electron chi connectivity index (χ0n) is 17.6. The molecule has 0 saturated heterocycles. The molecule has 0 spiro atoms. The Labute approximate surface area is 171 Å². The van der Waals surface area contributed by atoms with Crippen LogP contribution in [0.5, 0.6) is 11.5 Å². The largest absolute Gasteiger partial charge is 0.507 e. The van der Waals surface area contributed by atoms with E-state index in [0.717, 1.165) is 37.2 Å². The van der Waals surface area contributed by atoms with Gasteiger partial charge >= 0.3 is 0 Å². The fraction of sp³-hybridized carbons (Fsp3) is 0.375. The summed E-state index contributed by atoms with van der Waals surface area (Å²) in [4.78, 5) is 15.6. The Morgan fingerprint density at radius 3 is 2.28 bits per heavy atom. The van der Waals surface area contributed by atoms with Crippen LogP contribution in [-0.2, 0) is 6.54 Å². The molecule has 5 nitrogen and oxygen atoms in total. The molecule has 3 aromatic rings. The fourth-order valence-electron chi connectivity index (χ4n) is 3.78. The van der Waals surface area contributed by atoms with Crippen molar-refractivity contribution in [1.82, 2.24) is 4.90 Å². The zero-order valence-corrected chi connectivity index (χ0v) is 17.6. The molecule has 0 atom stereocenters. The molecule has 0 aliphatic carbocycles. The molecular formula is C24H29NO4. The predicted octanol–water partition coefficient (Wildman–Crippen LogP) is 5.10. The average molecular weight is 395 g/mol. The lowest BCUT2D eigenvalue weighted by Gasteiger charge is -2.22. The van der Waals surface area contributed by atoms with E-state index in [0.29, 0.717) is 34.4 Å². The number of benzene rings is 2. The highest BCUT2D eigenvalue weighted by Gasteiger charge is 2.19. The molecule has 0 unspecified atom stereocenters. The molecule has 0 bridgehead atoms. The van der Waals surface area contributed by atoms with E-state index in [1.807, 2.05) is 24.3 Å². The van der Waals surface area contributed by atoms with Crippen LogP contribution in [-0.4, -0.2) is 30.2 Å². The maximum Gasteiger partial charge on any atom is 0.200 e. The summed E-state index contributed by atoms with van der Waals surface area (Å²) < 4.78 is 11.3. The van der Waals surface area contributed by atoms with Crippen molar-refractivity contribution in [3.8, 4) is 22.6 Å². The van der Waals surface area contributed by atoms with Crippen molar-refractivity contribution in [2.45, 2.75) is 40.2 Å². The van der Waals surface area contributed by atoms with Crippen LogP contribution in [0.2, 0.25) is 0 Å². The van der Waals surface area contributed by atoms with Gasteiger partial charge in [0.15, 0.2) is 0 Å². The molecule has 0 amide bonds. The van der Waals surface area contributed by atoms with Crippen molar-refractivity contribution in [3.05, 3.63) is 57.9 Å². The molecule has 0 fully saturated rings. The molecule has 0 aliphatic rings. The van der Waals surface area contributed by atoms with Gasteiger partial charge in [-0.3, -0.25) is 9.69 Å². The monoisotopic (exact) mass is 395 g/mol. The minimum Gasteiger partial charge on any atom is -0.507 e. The quantitative estimate of drug-likeness (QED) is 0.575. The standard InChI is InChI=1S/C24H29NO4/c1-5-13-25(14-6-2)15-20-21(26)12-11-19-23(27)22(16(3)29-24(19)20)17-7-9-18(28-4)10-8-17/h7-12,26H,5-6,13-15H2,1-4H3. The number of ether oxygens (including phenoxy) is 1. The third-order valence-corrected chi connectivity index (χ3v) is 5.15. The van der Waals surface area contributed by atoms with Gasteiger partial charge in [0, 0.05) is 6.54 Å². The Bertz CT molecular complexity index is 1030. The van der Waals surface area contributed by atoms with Gasteiger partial charge in [0.25, 0.3) is 0 Å². The van der Waals surface area contributed by atoms with Crippen molar-refractivity contribution in [1.29, 1.82) is 0 Å². The van der Waals surface area contributed by atoms with Crippen molar-refractivity contribution >= 4 is 11.0 Å². The molecule has 29 heavy (non-hydrogen) atoms. The molecule has 5 heteroatoms. The molecule has 0 saturated carbocycles. The van der Waals surface area contributed by atoms with Crippen molar-refractivity contribution < 1.29 is 14.3 Å². The van der Waals surface area contributed by atoms with Crippen LogP contribution in [0.15, 0.2) is 45.6 Å². The zero-order chi connectivity index (χ0) is 21.0. The van der Waals surface area contributed by atoms with E-state index >= 15 is 0 Å². The number of aryl methyl sites for hydroxylation is 1. The van der Waals surface area contributed by atoms with Crippen LogP contribution in [0.4, 0.5) is 0 Å². The van der Waals surface area contributed by atoms with E-state index in [-0.39, 0.29) is 11.2 Å². The van der Waals surface area contributed by atoms with Gasteiger partial charge in [0.2, 0.25) is 5.43 Å². The minimum atomic E-state index is -0.0901. The number of phenolic OH excluding ortho intramolecular Hbond substituents is 1. The molecule has 1 N–H and O–H groups in total. The normalized spacial score (nSPS) is 11.3. The lowest BCUT2D eigenvalue weighted by molar-refractivity contribution is 0.262. The number of hydrogen-bond acceptors (Lipinski definition) is 5. The first-order valence-electron chi connectivity index (χ1n) is 10.1. The highest BCUT2D eigenvalue weighted by atomic mass is 16.5. The summed E-state index contributed by atoms with van der Waals surface area (Å²) in [6, 6.07) is 10.6. The van der Waals surface area contributed by atoms with Gasteiger partial charge in [-0.1, -0.05) is 26.0 Å². The third kappa shape index (κ3) is 4.30. The first-order valence-corrected chi connectivity index (χ1v) is 10.1. The van der Waals surface area contributed by atoms with E-state index in [4.69, 9.17) is 9.15 Å². The van der Waals surface area contributed by atoms with E-state index < -0.39 is 0 Å². The van der Waals surface area contributed by atoms with Crippen LogP contribution in [0.3, 0.4) is 0 Å². The van der Waals surface area contributed by atoms with Crippen molar-refractivity contribution in [2.75, 3.05) is 20.2 Å². The highest BCUT2D eigenvalue weighted by Crippen LogP contribution is 2.31. The van der Waals surface area contributed by atoms with E-state index in [1.165, 1.54) is 0 Å². The molecule has 154 valence electrons. The molecular weight excluding hydrogens is 366 g/mol. The van der Waals surface area contributed by atoms with Crippen molar-refractivity contribution in [3.63, 3.8) is 0 Å². The maximum atomic E-state index is 13.3. The summed E-state index contributed by atoms with van der Waals surface area (Å²) in [5.41, 5.74) is 2.38. The average Bonchev–Trinajstić information content (AvgIpc) is 2.71. The number of phenols is 1. The van der Waals surface area contributed by atoms with Gasteiger partial charge in [-0.05, 0) is 62.7 Å². The van der Waals surface area contributed by atoms with Gasteiger partial charge in [-0.25, -0.2) is 0 Å². The Hall–Kier alpha value is -2.79. The Morgan fingerprint density at radius 2 is 1.69 bits per heavy atom. The second-order valence-electron chi connectivity index (χ2n) is 7.31. The van der Waals surface area contributed by atoms with Gasteiger partial charge in [0.05, 0.1) is 23.6 Å². The number of methoxy groups -OCH3 is 1. The van der Waals surface area contributed by atoms with Crippen molar-refractivity contribution in [2.24, 2.45) is 0 Å². The van der Waals surface area contributed by atoms with Crippen LogP contribution in [0, 0.1) is 6.92 Å². The number of nitrogens with zero attached hydrogens (tertiary/aromatic N) is 1. The number of hydrogen-bond donors (Lipinski definition) is 1. The molecule has 0 aliphatic heterocycles. The van der Waals surface area contributed by atoms with Gasteiger partial charge in [-0.2, -0.15) is 0 Å². The van der Waals surface area contributed by atoms with Crippen LogP contribution >= 0.6 is 0 Å². The first-order chi connectivity index (χ1) is 14.0. The van der Waals surface area contributed by atoms with Gasteiger partial charge in [0.1, 0.15) is 22.8 Å². The lowest BCUT2D eigenvalue weighted by atomic mass is 10.0. The van der Waals surface area contributed by atoms with Gasteiger partial charge < -0.3 is 14.3 Å². The summed E-state index contributed by atoms with van der Waals surface area (Å²) >= 11 is 0. The summed E-state index contributed by atoms with van der Waals surface area (Å²) in [6.45, 7) is 8.47. The molecule has 1 aromatic heterocycles. The van der Waals surface area contributed by atoms with Crippen LogP contribution in [0.1, 0.15) is 38.0 Å². The van der Waals surface area contributed by atoms with Crippen LogP contribution < -0.4 is 10.2 Å². The second-order valence-corrected chi connectivity index (χ2v) is 7.31. The van der Waals surface area contributed by atoms with Crippen LogP contribution in [0.25, 0.3) is 22.1 Å². The maximum absolute atomic E-state index is 13.3. The topological polar surface area (TPSA) is 62.9 Å². The van der Waals surface area contributed by atoms with E-state index in [1.54, 1.807) is 26.2 Å². The Morgan fingerprint density at radius 1 is 1.03 bits per heavy atom. The predicted molar refractivity (Wildman–Crippen MR) is 117 cm³/mol. The second kappa shape index (κ2) is 9.14. The number of rotatable bonds is 8. The Kier molecular flexibility index (Phi) is 6.60. The summed E-state index contributed by atoms with van der Waals surface area (Å²) in [5, 5.41) is 11.0. The SMILES string of the molecule is CCCN(CCC)Cc1c(O)ccc2c(=O)c(-c3ccc(OC)cc3)c(C)oc12. The number of aromatic hydroxyl groups is 1. The molecule has 1 heterocycles. The third-order valence-electron chi connectivity index (χ3n) is 5.15.